The van der Waals surface area contributed by atoms with Crippen LogP contribution in [-0.2, 0) is 4.79 Å². The van der Waals surface area contributed by atoms with Crippen molar-refractivity contribution in [3.8, 4) is 16.9 Å². The molecule has 2 aliphatic rings. The van der Waals surface area contributed by atoms with Gasteiger partial charge in [-0.15, -0.1) is 0 Å². The minimum atomic E-state index is -0.185. The highest BCUT2D eigenvalue weighted by Crippen LogP contribution is 2.41. The van der Waals surface area contributed by atoms with Crippen molar-refractivity contribution in [2.45, 2.75) is 39.3 Å². The molecule has 1 aromatic heterocycles. The molecule has 0 spiro atoms. The smallest absolute Gasteiger partial charge is 0.256 e. The monoisotopic (exact) mass is 470 g/mol. The maximum absolute atomic E-state index is 13.4. The normalized spacial score (nSPS) is 20.7. The van der Waals surface area contributed by atoms with Crippen LogP contribution in [0, 0.1) is 6.92 Å². The Hall–Kier alpha value is -3.84. The average molecular weight is 471 g/mol. The topological polar surface area (TPSA) is 97.5 Å². The van der Waals surface area contributed by atoms with Crippen molar-refractivity contribution in [2.24, 2.45) is 0 Å². The molecule has 3 aromatic rings. The largest absolute Gasteiger partial charge is 0.508 e. The summed E-state index contributed by atoms with van der Waals surface area (Å²) in [5.74, 6) is 0.0146. The third-order valence-electron chi connectivity index (χ3n) is 6.94. The van der Waals surface area contributed by atoms with Gasteiger partial charge in [0.15, 0.2) is 0 Å². The Balaban J connectivity index is 1.50. The van der Waals surface area contributed by atoms with Gasteiger partial charge in [0, 0.05) is 48.3 Å². The number of piperazine rings is 1. The van der Waals surface area contributed by atoms with Crippen molar-refractivity contribution in [3.05, 3.63) is 71.0 Å². The number of carbonyl (C=O) groups excluding carboxylic acids is 2. The third-order valence-corrected chi connectivity index (χ3v) is 6.94. The number of hydrogen-bond acceptors (Lipinski definition) is 4. The number of H-pyrrole nitrogens is 1. The first-order valence-corrected chi connectivity index (χ1v) is 12.0. The summed E-state index contributed by atoms with van der Waals surface area (Å²) in [6, 6.07) is 13.2. The zero-order valence-corrected chi connectivity index (χ0v) is 20.2. The van der Waals surface area contributed by atoms with Gasteiger partial charge in [0.2, 0.25) is 0 Å². The second kappa shape index (κ2) is 9.07. The van der Waals surface area contributed by atoms with E-state index in [4.69, 9.17) is 0 Å². The molecule has 3 heterocycles. The molecule has 0 saturated carbocycles. The molecule has 180 valence electrons. The predicted octanol–water partition coefficient (Wildman–Crippen LogP) is 4.40. The summed E-state index contributed by atoms with van der Waals surface area (Å²) >= 11 is 0. The lowest BCUT2D eigenvalue weighted by atomic mass is 9.94. The van der Waals surface area contributed by atoms with Crippen LogP contribution in [0.5, 0.6) is 5.75 Å². The highest BCUT2D eigenvalue weighted by atomic mass is 16.3. The number of aromatic hydroxyl groups is 1. The molecule has 35 heavy (non-hydrogen) atoms. The Bertz CT molecular complexity index is 1320. The summed E-state index contributed by atoms with van der Waals surface area (Å²) in [5, 5.41) is 16.2. The number of anilines is 1. The van der Waals surface area contributed by atoms with E-state index in [1.165, 1.54) is 0 Å². The predicted molar refractivity (Wildman–Crippen MR) is 138 cm³/mol. The number of nitrogens with one attached hydrogen (secondary N) is 3. The highest BCUT2D eigenvalue weighted by molar-refractivity contribution is 6.36. The highest BCUT2D eigenvalue weighted by Gasteiger charge is 2.30. The van der Waals surface area contributed by atoms with E-state index in [1.54, 1.807) is 18.3 Å². The van der Waals surface area contributed by atoms with Crippen LogP contribution in [0.2, 0.25) is 0 Å². The molecule has 2 amide bonds. The standard InChI is InChI=1S/C28H30N4O3/c1-4-19-15-32(14-16(2)30-19)28(35)23-13-29-25(17(23)3)12-22-26-21(18-8-10-20(33)11-9-18)6-5-7-24(26)31-27(22)34/h5-13,16,19,29-30,33H,4,14-15H2,1-3H3,(H,31,34)/b22-12-/t16-,19+/m1/s1. The van der Waals surface area contributed by atoms with Crippen molar-refractivity contribution in [1.82, 2.24) is 15.2 Å². The van der Waals surface area contributed by atoms with E-state index >= 15 is 0 Å². The number of phenolic OH excluding ortho intramolecular Hbond substituents is 1. The fourth-order valence-electron chi connectivity index (χ4n) is 5.06. The van der Waals surface area contributed by atoms with Gasteiger partial charge < -0.3 is 25.6 Å². The first kappa shape index (κ1) is 22.9. The number of fused-ring (bicyclic) bond motifs is 1. The maximum atomic E-state index is 13.4. The molecule has 2 aliphatic heterocycles. The van der Waals surface area contributed by atoms with Crippen LogP contribution < -0.4 is 10.6 Å². The molecule has 0 radical (unpaired) electrons. The molecule has 4 N–H and O–H groups in total. The Labute approximate surface area is 204 Å². The summed E-state index contributed by atoms with van der Waals surface area (Å²) in [4.78, 5) is 31.5. The summed E-state index contributed by atoms with van der Waals surface area (Å²) in [7, 11) is 0. The van der Waals surface area contributed by atoms with Gasteiger partial charge in [-0.3, -0.25) is 9.59 Å². The Kier molecular flexibility index (Phi) is 5.94. The van der Waals surface area contributed by atoms with E-state index < -0.39 is 0 Å². The van der Waals surface area contributed by atoms with Gasteiger partial charge >= 0.3 is 0 Å². The second-order valence-corrected chi connectivity index (χ2v) is 9.41. The minimum absolute atomic E-state index is 0.0104. The number of phenols is 1. The molecule has 5 rings (SSSR count). The summed E-state index contributed by atoms with van der Waals surface area (Å²) in [6.45, 7) is 7.50. The van der Waals surface area contributed by atoms with Crippen LogP contribution >= 0.6 is 0 Å². The first-order valence-electron chi connectivity index (χ1n) is 12.0. The van der Waals surface area contributed by atoms with E-state index in [0.717, 1.165) is 40.1 Å². The molecule has 2 aromatic carbocycles. The lowest BCUT2D eigenvalue weighted by Crippen LogP contribution is -2.56. The molecule has 7 heteroatoms. The zero-order valence-electron chi connectivity index (χ0n) is 20.2. The van der Waals surface area contributed by atoms with Gasteiger partial charge in [-0.2, -0.15) is 0 Å². The van der Waals surface area contributed by atoms with E-state index in [0.29, 0.717) is 30.3 Å². The molecule has 1 saturated heterocycles. The molecular formula is C28H30N4O3. The van der Waals surface area contributed by atoms with Crippen molar-refractivity contribution in [1.29, 1.82) is 0 Å². The van der Waals surface area contributed by atoms with Crippen LogP contribution in [0.25, 0.3) is 22.8 Å². The van der Waals surface area contributed by atoms with Crippen LogP contribution in [-0.4, -0.2) is 52.0 Å². The minimum Gasteiger partial charge on any atom is -0.508 e. The van der Waals surface area contributed by atoms with Gasteiger partial charge in [0.25, 0.3) is 11.8 Å². The van der Waals surface area contributed by atoms with Crippen molar-refractivity contribution < 1.29 is 14.7 Å². The second-order valence-electron chi connectivity index (χ2n) is 9.41. The number of rotatable bonds is 4. The SMILES string of the molecule is CC[C@H]1CN(C(=O)c2c[nH]c(/C=C3\C(=O)Nc4cccc(-c5ccc(O)cc5)c43)c2C)C[C@@H](C)N1. The molecule has 0 bridgehead atoms. The lowest BCUT2D eigenvalue weighted by molar-refractivity contribution is -0.110. The molecule has 2 atom stereocenters. The van der Waals surface area contributed by atoms with E-state index in [-0.39, 0.29) is 23.6 Å². The number of carbonyl (C=O) groups is 2. The fourth-order valence-corrected chi connectivity index (χ4v) is 5.06. The van der Waals surface area contributed by atoms with Gasteiger partial charge in [0.1, 0.15) is 5.75 Å². The van der Waals surface area contributed by atoms with Gasteiger partial charge in [-0.05, 0) is 61.2 Å². The van der Waals surface area contributed by atoms with E-state index in [2.05, 4.69) is 29.5 Å². The summed E-state index contributed by atoms with van der Waals surface area (Å²) in [5.41, 5.74) is 6.08. The number of aromatic amines is 1. The van der Waals surface area contributed by atoms with Crippen LogP contribution in [0.4, 0.5) is 5.69 Å². The summed E-state index contributed by atoms with van der Waals surface area (Å²) in [6.07, 6.45) is 4.54. The van der Waals surface area contributed by atoms with Crippen molar-refractivity contribution in [3.63, 3.8) is 0 Å². The molecular weight excluding hydrogens is 440 g/mol. The number of amides is 2. The quantitative estimate of drug-likeness (QED) is 0.425. The van der Waals surface area contributed by atoms with Gasteiger partial charge in [-0.25, -0.2) is 0 Å². The molecule has 7 nitrogen and oxygen atoms in total. The Morgan fingerprint density at radius 2 is 1.94 bits per heavy atom. The fraction of sp³-hybridized carbons (Fsp3) is 0.286. The number of hydrogen-bond donors (Lipinski definition) is 4. The Morgan fingerprint density at radius 3 is 2.69 bits per heavy atom. The number of benzene rings is 2. The Morgan fingerprint density at radius 1 is 1.17 bits per heavy atom. The van der Waals surface area contributed by atoms with Gasteiger partial charge in [-0.1, -0.05) is 31.2 Å². The maximum Gasteiger partial charge on any atom is 0.256 e. The lowest BCUT2D eigenvalue weighted by Gasteiger charge is -2.37. The summed E-state index contributed by atoms with van der Waals surface area (Å²) < 4.78 is 0. The van der Waals surface area contributed by atoms with Crippen LogP contribution in [0.15, 0.2) is 48.7 Å². The molecule has 1 fully saturated rings. The van der Waals surface area contributed by atoms with Crippen molar-refractivity contribution >= 4 is 29.2 Å². The van der Waals surface area contributed by atoms with Crippen LogP contribution in [0.1, 0.15) is 47.4 Å². The zero-order chi connectivity index (χ0) is 24.7. The molecule has 0 unspecified atom stereocenters. The van der Waals surface area contributed by atoms with Crippen molar-refractivity contribution in [2.75, 3.05) is 18.4 Å². The average Bonchev–Trinajstić information content (AvgIpc) is 3.37. The molecule has 0 aliphatic carbocycles. The third kappa shape index (κ3) is 4.23. The number of aromatic nitrogens is 1. The van der Waals surface area contributed by atoms with Crippen LogP contribution in [0.3, 0.4) is 0 Å². The number of nitrogens with zero attached hydrogens (tertiary/aromatic N) is 1. The van der Waals surface area contributed by atoms with Gasteiger partial charge in [0.05, 0.1) is 11.1 Å². The first-order chi connectivity index (χ1) is 16.9. The van der Waals surface area contributed by atoms with E-state index in [9.17, 15) is 14.7 Å². The van der Waals surface area contributed by atoms with E-state index in [1.807, 2.05) is 48.2 Å².